The number of rotatable bonds is 4. The van der Waals surface area contributed by atoms with Crippen molar-refractivity contribution in [1.29, 1.82) is 0 Å². The lowest BCUT2D eigenvalue weighted by Gasteiger charge is -2.44. The molecule has 176 valence electrons. The molecular weight excluding hydrogens is 453 g/mol. The van der Waals surface area contributed by atoms with Gasteiger partial charge in [-0.3, -0.25) is 4.90 Å². The second-order valence-electron chi connectivity index (χ2n) is 8.74. The van der Waals surface area contributed by atoms with Crippen LogP contribution >= 0.6 is 11.8 Å². The minimum atomic E-state index is -4.73. The minimum absolute atomic E-state index is 0.0431. The summed E-state index contributed by atoms with van der Waals surface area (Å²) < 4.78 is 47.5. The monoisotopic (exact) mass is 478 g/mol. The van der Waals surface area contributed by atoms with E-state index in [1.807, 2.05) is 18.2 Å². The summed E-state index contributed by atoms with van der Waals surface area (Å²) in [6.07, 6.45) is -2.19. The van der Waals surface area contributed by atoms with Crippen LogP contribution in [-0.2, 0) is 4.74 Å². The Kier molecular flexibility index (Phi) is 6.18. The van der Waals surface area contributed by atoms with Gasteiger partial charge in [-0.1, -0.05) is 24.3 Å². The first kappa shape index (κ1) is 22.4. The maximum atomic E-state index is 12.6. The number of alkyl carbamates (subject to hydrolysis) is 1. The highest BCUT2D eigenvalue weighted by Gasteiger charge is 2.37. The van der Waals surface area contributed by atoms with Crippen LogP contribution in [0.3, 0.4) is 0 Å². The van der Waals surface area contributed by atoms with Gasteiger partial charge in [-0.2, -0.15) is 0 Å². The van der Waals surface area contributed by atoms with E-state index in [0.717, 1.165) is 60.7 Å². The molecule has 2 bridgehead atoms. The standard InChI is InChI=1S/C24H25F3N2O3S/c25-24(26,27)32-18-3-1-2-16(12-18)17-4-5-19-20(8-11-33-22(19)13-17)28-23(30)31-21-14-29-9-6-15(21)7-10-29/h1-5,12-13,15,20-21H,6-11,14H2,(H,28,30)/t20?,21-/m1/s1. The van der Waals surface area contributed by atoms with Crippen molar-refractivity contribution < 1.29 is 27.4 Å². The summed E-state index contributed by atoms with van der Waals surface area (Å²) in [6, 6.07) is 11.6. The summed E-state index contributed by atoms with van der Waals surface area (Å²) in [6.45, 7) is 3.00. The van der Waals surface area contributed by atoms with Crippen molar-refractivity contribution in [2.24, 2.45) is 5.92 Å². The van der Waals surface area contributed by atoms with E-state index in [4.69, 9.17) is 4.74 Å². The molecule has 5 nitrogen and oxygen atoms in total. The summed E-state index contributed by atoms with van der Waals surface area (Å²) in [5, 5.41) is 3.04. The number of benzene rings is 2. The van der Waals surface area contributed by atoms with Gasteiger partial charge >= 0.3 is 12.5 Å². The predicted octanol–water partition coefficient (Wildman–Crippen LogP) is 5.61. The highest BCUT2D eigenvalue weighted by atomic mass is 32.2. The summed E-state index contributed by atoms with van der Waals surface area (Å²) in [5.41, 5.74) is 2.44. The van der Waals surface area contributed by atoms with Crippen LogP contribution in [0.2, 0.25) is 0 Å². The number of halogens is 3. The molecule has 2 aromatic rings. The van der Waals surface area contributed by atoms with Gasteiger partial charge in [-0.25, -0.2) is 4.79 Å². The van der Waals surface area contributed by atoms with E-state index in [1.165, 1.54) is 18.2 Å². The van der Waals surface area contributed by atoms with Crippen molar-refractivity contribution in [2.75, 3.05) is 25.4 Å². The van der Waals surface area contributed by atoms with Crippen LogP contribution in [0.5, 0.6) is 5.75 Å². The summed E-state index contributed by atoms with van der Waals surface area (Å²) in [7, 11) is 0. The van der Waals surface area contributed by atoms with E-state index in [-0.39, 0.29) is 24.0 Å². The van der Waals surface area contributed by atoms with Crippen LogP contribution < -0.4 is 10.1 Å². The average molecular weight is 479 g/mol. The Morgan fingerprint density at radius 1 is 1.06 bits per heavy atom. The van der Waals surface area contributed by atoms with Gasteiger partial charge in [0.15, 0.2) is 0 Å². The number of carbonyl (C=O) groups excluding carboxylic acids is 1. The third-order valence-electron chi connectivity index (χ3n) is 6.60. The topological polar surface area (TPSA) is 50.8 Å². The summed E-state index contributed by atoms with van der Waals surface area (Å²) >= 11 is 1.68. The van der Waals surface area contributed by atoms with E-state index < -0.39 is 6.36 Å². The number of carbonyl (C=O) groups is 1. The molecule has 0 aromatic heterocycles. The minimum Gasteiger partial charge on any atom is -0.445 e. The molecule has 3 saturated heterocycles. The summed E-state index contributed by atoms with van der Waals surface area (Å²) in [5.74, 6) is 1.04. The molecule has 0 aliphatic carbocycles. The Labute approximate surface area is 194 Å². The van der Waals surface area contributed by atoms with Gasteiger partial charge in [0.1, 0.15) is 11.9 Å². The van der Waals surface area contributed by atoms with E-state index >= 15 is 0 Å². The zero-order chi connectivity index (χ0) is 23.0. The largest absolute Gasteiger partial charge is 0.573 e. The number of hydrogen-bond acceptors (Lipinski definition) is 5. The van der Waals surface area contributed by atoms with Gasteiger partial charge in [0.25, 0.3) is 0 Å². The van der Waals surface area contributed by atoms with E-state index in [2.05, 4.69) is 15.0 Å². The van der Waals surface area contributed by atoms with Crippen molar-refractivity contribution in [2.45, 2.75) is 42.7 Å². The summed E-state index contributed by atoms with van der Waals surface area (Å²) in [4.78, 5) is 16.0. The van der Waals surface area contributed by atoms with Crippen LogP contribution in [-0.4, -0.2) is 48.8 Å². The van der Waals surface area contributed by atoms with Gasteiger partial charge in [0.05, 0.1) is 6.04 Å². The molecule has 1 N–H and O–H groups in total. The molecule has 1 amide bonds. The number of hydrogen-bond donors (Lipinski definition) is 1. The van der Waals surface area contributed by atoms with Crippen molar-refractivity contribution in [3.05, 3.63) is 48.0 Å². The highest BCUT2D eigenvalue weighted by molar-refractivity contribution is 7.99. The normalized spacial score (nSPS) is 26.4. The lowest BCUT2D eigenvalue weighted by Crippen LogP contribution is -2.52. The maximum Gasteiger partial charge on any atom is 0.573 e. The smallest absolute Gasteiger partial charge is 0.445 e. The molecular formula is C24H25F3N2O3S. The van der Waals surface area contributed by atoms with Crippen LogP contribution in [0.25, 0.3) is 11.1 Å². The third kappa shape index (κ3) is 5.24. The van der Waals surface area contributed by atoms with Gasteiger partial charge in [-0.15, -0.1) is 24.9 Å². The van der Waals surface area contributed by atoms with E-state index in [1.54, 1.807) is 17.8 Å². The molecule has 2 atom stereocenters. The number of nitrogens with one attached hydrogen (secondary N) is 1. The van der Waals surface area contributed by atoms with Gasteiger partial charge in [-0.05, 0) is 73.2 Å². The van der Waals surface area contributed by atoms with Crippen molar-refractivity contribution >= 4 is 17.9 Å². The van der Waals surface area contributed by atoms with Crippen molar-refractivity contribution in [3.8, 4) is 16.9 Å². The SMILES string of the molecule is O=C(NC1CCSc2cc(-c3cccc(OC(F)(F)F)c3)ccc21)O[C@@H]1CN2CCC1CC2. The molecule has 4 aliphatic heterocycles. The first-order valence-electron chi connectivity index (χ1n) is 11.2. The highest BCUT2D eigenvalue weighted by Crippen LogP contribution is 2.39. The molecule has 9 heteroatoms. The maximum absolute atomic E-state index is 12.6. The zero-order valence-electron chi connectivity index (χ0n) is 17.9. The number of piperidine rings is 3. The Morgan fingerprint density at radius 3 is 2.58 bits per heavy atom. The van der Waals surface area contributed by atoms with E-state index in [9.17, 15) is 18.0 Å². The van der Waals surface area contributed by atoms with Crippen LogP contribution in [0.4, 0.5) is 18.0 Å². The Hall–Kier alpha value is -2.39. The lowest BCUT2D eigenvalue weighted by atomic mass is 9.86. The van der Waals surface area contributed by atoms with Crippen molar-refractivity contribution in [3.63, 3.8) is 0 Å². The predicted molar refractivity (Wildman–Crippen MR) is 119 cm³/mol. The number of fused-ring (bicyclic) bond motifs is 4. The molecule has 2 aromatic carbocycles. The van der Waals surface area contributed by atoms with Gasteiger partial charge < -0.3 is 14.8 Å². The molecule has 3 fully saturated rings. The second-order valence-corrected chi connectivity index (χ2v) is 9.88. The first-order chi connectivity index (χ1) is 15.8. The number of amides is 1. The van der Waals surface area contributed by atoms with E-state index in [0.29, 0.717) is 11.5 Å². The molecule has 0 saturated carbocycles. The molecule has 0 spiro atoms. The molecule has 1 unspecified atom stereocenters. The lowest BCUT2D eigenvalue weighted by molar-refractivity contribution is -0.274. The fraction of sp³-hybridized carbons (Fsp3) is 0.458. The molecule has 0 radical (unpaired) electrons. The number of ether oxygens (including phenoxy) is 2. The number of nitrogens with zero attached hydrogens (tertiary/aromatic N) is 1. The second kappa shape index (κ2) is 9.10. The molecule has 4 aliphatic rings. The fourth-order valence-corrected chi connectivity index (χ4v) is 6.11. The van der Waals surface area contributed by atoms with Gasteiger partial charge in [0.2, 0.25) is 0 Å². The number of alkyl halides is 3. The van der Waals surface area contributed by atoms with Gasteiger partial charge in [0, 0.05) is 17.2 Å². The van der Waals surface area contributed by atoms with Crippen LogP contribution in [0.1, 0.15) is 30.9 Å². The Morgan fingerprint density at radius 2 is 1.85 bits per heavy atom. The first-order valence-corrected chi connectivity index (χ1v) is 12.1. The quantitative estimate of drug-likeness (QED) is 0.619. The van der Waals surface area contributed by atoms with Crippen LogP contribution in [0.15, 0.2) is 47.4 Å². The molecule has 6 rings (SSSR count). The third-order valence-corrected chi connectivity index (χ3v) is 7.71. The zero-order valence-corrected chi connectivity index (χ0v) is 18.8. The molecule has 33 heavy (non-hydrogen) atoms. The average Bonchev–Trinajstić information content (AvgIpc) is 2.79. The molecule has 4 heterocycles. The number of thioether (sulfide) groups is 1. The fourth-order valence-electron chi connectivity index (χ4n) is 4.95. The Bertz CT molecular complexity index is 1020. The van der Waals surface area contributed by atoms with Crippen molar-refractivity contribution in [1.82, 2.24) is 10.2 Å². The Balaban J connectivity index is 1.28. The van der Waals surface area contributed by atoms with Crippen LogP contribution in [0, 0.1) is 5.92 Å².